The van der Waals surface area contributed by atoms with E-state index in [1.54, 1.807) is 0 Å². The highest BCUT2D eigenvalue weighted by molar-refractivity contribution is 5.82. The quantitative estimate of drug-likeness (QED) is 0.433. The second kappa shape index (κ2) is 4.86. The molecule has 1 aliphatic rings. The molecule has 10 nitrogen and oxygen atoms in total. The van der Waals surface area contributed by atoms with Crippen molar-refractivity contribution < 1.29 is 25.3 Å². The zero-order valence-corrected chi connectivity index (χ0v) is 11.1. The molecule has 114 valence electrons. The highest BCUT2D eigenvalue weighted by Crippen LogP contribution is 2.39. The molecule has 2 aromatic heterocycles. The minimum absolute atomic E-state index is 0.107. The van der Waals surface area contributed by atoms with E-state index in [1.807, 2.05) is 5.48 Å². The van der Waals surface area contributed by atoms with Gasteiger partial charge in [-0.3, -0.25) is 15.3 Å². The number of fused-ring (bicyclic) bond motifs is 1. The molecule has 1 fully saturated rings. The van der Waals surface area contributed by atoms with Crippen LogP contribution in [0.1, 0.15) is 13.2 Å². The fraction of sp³-hybridized carbons (Fsp3) is 0.545. The largest absolute Gasteiger partial charge is 0.394 e. The van der Waals surface area contributed by atoms with Crippen LogP contribution in [0.4, 0.5) is 5.82 Å². The van der Waals surface area contributed by atoms with E-state index < -0.39 is 30.6 Å². The van der Waals surface area contributed by atoms with Crippen LogP contribution >= 0.6 is 0 Å². The van der Waals surface area contributed by atoms with Gasteiger partial charge in [-0.2, -0.15) is 0 Å². The van der Waals surface area contributed by atoms with Gasteiger partial charge in [0.05, 0.1) is 12.9 Å². The number of hydrogen-bond acceptors (Lipinski definition) is 9. The molecule has 10 heteroatoms. The highest BCUT2D eigenvalue weighted by Gasteiger charge is 2.53. The smallest absolute Gasteiger partial charge is 0.181 e. The van der Waals surface area contributed by atoms with Gasteiger partial charge < -0.3 is 20.1 Å². The Morgan fingerprint density at radius 3 is 2.81 bits per heavy atom. The average molecular weight is 297 g/mol. The van der Waals surface area contributed by atoms with Crippen LogP contribution in [0.5, 0.6) is 0 Å². The number of aliphatic hydroxyl groups excluding tert-OH is 2. The standard InChI is InChI=1S/C11H15N5O5/c1-11(19)7(18)5(2-17)21-10(11)16-4-14-6-8(15-20)12-3-13-9(6)16/h3-5,7,10,17-20H,2H2,1H3,(H,12,13,15)/t5-,7-,10+,11+/m1/s1. The van der Waals surface area contributed by atoms with Crippen molar-refractivity contribution in [2.45, 2.75) is 31.0 Å². The fourth-order valence-electron chi connectivity index (χ4n) is 2.50. The molecule has 3 heterocycles. The molecule has 0 spiro atoms. The van der Waals surface area contributed by atoms with Crippen molar-refractivity contribution in [2.75, 3.05) is 12.1 Å². The van der Waals surface area contributed by atoms with Crippen LogP contribution in [0.3, 0.4) is 0 Å². The summed E-state index contributed by atoms with van der Waals surface area (Å²) in [5.41, 5.74) is 0.846. The van der Waals surface area contributed by atoms with E-state index in [4.69, 9.17) is 9.94 Å². The number of aromatic nitrogens is 4. The van der Waals surface area contributed by atoms with E-state index in [-0.39, 0.29) is 11.3 Å². The van der Waals surface area contributed by atoms with E-state index in [0.717, 1.165) is 0 Å². The summed E-state index contributed by atoms with van der Waals surface area (Å²) in [6.07, 6.45) is -0.605. The zero-order valence-electron chi connectivity index (χ0n) is 11.1. The number of ether oxygens (including phenoxy) is 1. The molecular weight excluding hydrogens is 282 g/mol. The maximum Gasteiger partial charge on any atom is 0.181 e. The van der Waals surface area contributed by atoms with Gasteiger partial charge in [0.25, 0.3) is 0 Å². The summed E-state index contributed by atoms with van der Waals surface area (Å²) in [5, 5.41) is 38.6. The summed E-state index contributed by atoms with van der Waals surface area (Å²) in [6, 6.07) is 0. The van der Waals surface area contributed by atoms with Crippen LogP contribution in [0.25, 0.3) is 11.2 Å². The Bertz CT molecular complexity index is 659. The van der Waals surface area contributed by atoms with Crippen LogP contribution in [0.15, 0.2) is 12.7 Å². The first-order valence-electron chi connectivity index (χ1n) is 6.25. The van der Waals surface area contributed by atoms with Crippen molar-refractivity contribution in [3.63, 3.8) is 0 Å². The average Bonchev–Trinajstić information content (AvgIpc) is 2.99. The molecule has 0 bridgehead atoms. The maximum absolute atomic E-state index is 10.4. The van der Waals surface area contributed by atoms with Crippen molar-refractivity contribution in [1.82, 2.24) is 19.5 Å². The first kappa shape index (κ1) is 14.1. The minimum Gasteiger partial charge on any atom is -0.394 e. The Kier molecular flexibility index (Phi) is 3.26. The molecule has 0 amide bonds. The summed E-state index contributed by atoms with van der Waals surface area (Å²) >= 11 is 0. The predicted octanol–water partition coefficient (Wildman–Crippen LogP) is -1.37. The van der Waals surface area contributed by atoms with Crippen LogP contribution < -0.4 is 5.48 Å². The number of aliphatic hydroxyl groups is 3. The van der Waals surface area contributed by atoms with Crippen molar-refractivity contribution >= 4 is 17.0 Å². The molecule has 3 rings (SSSR count). The van der Waals surface area contributed by atoms with Crippen molar-refractivity contribution in [2.24, 2.45) is 0 Å². The van der Waals surface area contributed by atoms with Crippen LogP contribution in [-0.2, 0) is 4.74 Å². The minimum atomic E-state index is -1.64. The van der Waals surface area contributed by atoms with Crippen LogP contribution in [0.2, 0.25) is 0 Å². The molecule has 4 atom stereocenters. The van der Waals surface area contributed by atoms with Crippen molar-refractivity contribution in [1.29, 1.82) is 0 Å². The Morgan fingerprint density at radius 1 is 1.43 bits per heavy atom. The zero-order chi connectivity index (χ0) is 15.2. The monoisotopic (exact) mass is 297 g/mol. The normalized spacial score (nSPS) is 32.7. The Morgan fingerprint density at radius 2 is 2.19 bits per heavy atom. The maximum atomic E-state index is 10.4. The number of hydrogen-bond donors (Lipinski definition) is 5. The molecule has 0 unspecified atom stereocenters. The van der Waals surface area contributed by atoms with Gasteiger partial charge in [-0.25, -0.2) is 15.0 Å². The third-order valence-corrected chi connectivity index (χ3v) is 3.65. The Balaban J connectivity index is 2.09. The van der Waals surface area contributed by atoms with Gasteiger partial charge in [0.2, 0.25) is 0 Å². The van der Waals surface area contributed by atoms with Gasteiger partial charge in [0, 0.05) is 0 Å². The lowest BCUT2D eigenvalue weighted by Gasteiger charge is -2.27. The molecule has 2 aromatic rings. The van der Waals surface area contributed by atoms with Gasteiger partial charge in [-0.15, -0.1) is 0 Å². The summed E-state index contributed by atoms with van der Waals surface area (Å²) < 4.78 is 6.91. The number of rotatable bonds is 3. The molecule has 0 radical (unpaired) electrons. The number of imidazole rings is 1. The predicted molar refractivity (Wildman–Crippen MR) is 68.4 cm³/mol. The van der Waals surface area contributed by atoms with Crippen molar-refractivity contribution in [3.8, 4) is 0 Å². The molecule has 0 saturated carbocycles. The molecule has 21 heavy (non-hydrogen) atoms. The summed E-state index contributed by atoms with van der Waals surface area (Å²) in [7, 11) is 0. The fourth-order valence-corrected chi connectivity index (χ4v) is 2.50. The second-order valence-electron chi connectivity index (χ2n) is 5.04. The van der Waals surface area contributed by atoms with E-state index in [2.05, 4.69) is 15.0 Å². The first-order valence-corrected chi connectivity index (χ1v) is 6.25. The van der Waals surface area contributed by atoms with Crippen LogP contribution in [-0.4, -0.2) is 64.5 Å². The lowest BCUT2D eigenvalue weighted by molar-refractivity contribution is -0.0950. The third kappa shape index (κ3) is 1.96. The molecule has 1 aliphatic heterocycles. The Hall–Kier alpha value is -1.85. The topological polar surface area (TPSA) is 146 Å². The van der Waals surface area contributed by atoms with E-state index >= 15 is 0 Å². The van der Waals surface area contributed by atoms with Crippen molar-refractivity contribution in [3.05, 3.63) is 12.7 Å². The summed E-state index contributed by atoms with van der Waals surface area (Å²) in [6.45, 7) is 0.967. The summed E-state index contributed by atoms with van der Waals surface area (Å²) in [4.78, 5) is 11.9. The molecule has 0 aromatic carbocycles. The SMILES string of the molecule is C[C@]1(O)[C@H](O)[C@@H](CO)O[C@@H]1n1cnc2c(NO)ncnc21. The van der Waals surface area contributed by atoms with Gasteiger partial charge in [-0.1, -0.05) is 0 Å². The molecule has 0 aliphatic carbocycles. The molecule has 5 N–H and O–H groups in total. The lowest BCUT2D eigenvalue weighted by Crippen LogP contribution is -2.44. The van der Waals surface area contributed by atoms with Gasteiger partial charge in [0.1, 0.15) is 24.1 Å². The van der Waals surface area contributed by atoms with E-state index in [9.17, 15) is 15.3 Å². The molecule has 1 saturated heterocycles. The number of anilines is 1. The second-order valence-corrected chi connectivity index (χ2v) is 5.04. The van der Waals surface area contributed by atoms with Crippen LogP contribution in [0, 0.1) is 0 Å². The number of nitrogens with one attached hydrogen (secondary N) is 1. The van der Waals surface area contributed by atoms with E-state index in [1.165, 1.54) is 24.1 Å². The highest BCUT2D eigenvalue weighted by atomic mass is 16.6. The molecular formula is C11H15N5O5. The first-order chi connectivity index (χ1) is 10.0. The lowest BCUT2D eigenvalue weighted by atomic mass is 9.96. The van der Waals surface area contributed by atoms with E-state index in [0.29, 0.717) is 5.65 Å². The van der Waals surface area contributed by atoms with Gasteiger partial charge in [-0.05, 0) is 6.92 Å². The third-order valence-electron chi connectivity index (χ3n) is 3.65. The Labute approximate surface area is 118 Å². The van der Waals surface area contributed by atoms with Gasteiger partial charge in [0.15, 0.2) is 23.2 Å². The number of nitrogens with zero attached hydrogens (tertiary/aromatic N) is 4. The summed E-state index contributed by atoms with van der Waals surface area (Å²) in [5.74, 6) is 0.107. The van der Waals surface area contributed by atoms with Gasteiger partial charge >= 0.3 is 0 Å².